The fourth-order valence-corrected chi connectivity index (χ4v) is 3.16. The lowest BCUT2D eigenvalue weighted by Crippen LogP contribution is -2.43. The number of fused-ring (bicyclic) bond motifs is 1. The highest BCUT2D eigenvalue weighted by Crippen LogP contribution is 2.26. The first-order valence-electron chi connectivity index (χ1n) is 7.72. The molecule has 1 N–H and O–H groups in total. The van der Waals surface area contributed by atoms with Crippen molar-refractivity contribution in [2.24, 2.45) is 5.92 Å². The molecule has 1 saturated heterocycles. The van der Waals surface area contributed by atoms with Crippen molar-refractivity contribution in [3.05, 3.63) is 30.5 Å². The summed E-state index contributed by atoms with van der Waals surface area (Å²) in [5.74, 6) is -0.540. The summed E-state index contributed by atoms with van der Waals surface area (Å²) in [5, 5.41) is 10.1. The van der Waals surface area contributed by atoms with Gasteiger partial charge in [-0.05, 0) is 31.0 Å². The molecule has 6 nitrogen and oxygen atoms in total. The molecule has 0 radical (unpaired) electrons. The number of hydrogen-bond donors (Lipinski definition) is 1. The Labute approximate surface area is 134 Å². The number of methoxy groups -OCH3 is 1. The zero-order valence-corrected chi connectivity index (χ0v) is 13.1. The number of carbonyl (C=O) groups excluding carboxylic acids is 1. The van der Waals surface area contributed by atoms with E-state index in [0.717, 1.165) is 23.1 Å². The van der Waals surface area contributed by atoms with Gasteiger partial charge in [-0.1, -0.05) is 6.07 Å². The first-order chi connectivity index (χ1) is 11.1. The molecule has 1 aliphatic heterocycles. The van der Waals surface area contributed by atoms with Gasteiger partial charge >= 0.3 is 5.97 Å². The highest BCUT2D eigenvalue weighted by Gasteiger charge is 2.28. The van der Waals surface area contributed by atoms with Crippen molar-refractivity contribution in [3.63, 3.8) is 0 Å². The van der Waals surface area contributed by atoms with Gasteiger partial charge in [0.25, 0.3) is 0 Å². The van der Waals surface area contributed by atoms with E-state index in [9.17, 15) is 9.59 Å². The van der Waals surface area contributed by atoms with Gasteiger partial charge in [0.1, 0.15) is 12.3 Å². The number of carboxylic acids is 1. The quantitative estimate of drug-likeness (QED) is 0.936. The summed E-state index contributed by atoms with van der Waals surface area (Å²) in [6, 6.07) is 7.65. The molecule has 1 aromatic heterocycles. The largest absolute Gasteiger partial charge is 0.496 e. The van der Waals surface area contributed by atoms with Crippen LogP contribution in [0.15, 0.2) is 30.5 Å². The fourth-order valence-electron chi connectivity index (χ4n) is 3.16. The van der Waals surface area contributed by atoms with Gasteiger partial charge in [-0.25, -0.2) is 0 Å². The molecule has 1 fully saturated rings. The molecule has 1 aliphatic rings. The summed E-state index contributed by atoms with van der Waals surface area (Å²) in [6.07, 6.45) is 3.25. The highest BCUT2D eigenvalue weighted by atomic mass is 16.5. The van der Waals surface area contributed by atoms with E-state index >= 15 is 0 Å². The molecule has 3 rings (SSSR count). The van der Waals surface area contributed by atoms with E-state index in [2.05, 4.69) is 0 Å². The Kier molecular flexibility index (Phi) is 4.23. The van der Waals surface area contributed by atoms with Crippen molar-refractivity contribution in [3.8, 4) is 5.75 Å². The smallest absolute Gasteiger partial charge is 0.308 e. The van der Waals surface area contributed by atoms with Gasteiger partial charge in [0.15, 0.2) is 0 Å². The second-order valence-corrected chi connectivity index (χ2v) is 5.85. The van der Waals surface area contributed by atoms with E-state index in [-0.39, 0.29) is 12.5 Å². The number of nitrogens with zero attached hydrogens (tertiary/aromatic N) is 2. The van der Waals surface area contributed by atoms with E-state index < -0.39 is 11.9 Å². The van der Waals surface area contributed by atoms with E-state index in [0.29, 0.717) is 19.5 Å². The van der Waals surface area contributed by atoms with Crippen LogP contribution in [-0.2, 0) is 16.1 Å². The van der Waals surface area contributed by atoms with E-state index in [1.807, 2.05) is 35.0 Å². The standard InChI is InChI=1S/C17H20N2O4/c1-23-15-6-2-5-14-13(15)7-9-18(14)11-16(20)19-8-3-4-12(10-19)17(21)22/h2,5-7,9,12H,3-4,8,10-11H2,1H3,(H,21,22)/t12-/m1/s1. The molecular weight excluding hydrogens is 296 g/mol. The molecule has 0 bridgehead atoms. The highest BCUT2D eigenvalue weighted by molar-refractivity contribution is 5.88. The Balaban J connectivity index is 1.77. The van der Waals surface area contributed by atoms with E-state index in [1.165, 1.54) is 0 Å². The van der Waals surface area contributed by atoms with Gasteiger partial charge in [0.05, 0.1) is 18.5 Å². The van der Waals surface area contributed by atoms with Gasteiger partial charge in [0.2, 0.25) is 5.91 Å². The van der Waals surface area contributed by atoms with Crippen LogP contribution in [0.4, 0.5) is 0 Å². The van der Waals surface area contributed by atoms with Crippen LogP contribution in [-0.4, -0.2) is 46.6 Å². The second kappa shape index (κ2) is 6.32. The number of carboxylic acid groups (broad SMARTS) is 1. The zero-order chi connectivity index (χ0) is 16.4. The number of piperidine rings is 1. The molecule has 0 aliphatic carbocycles. The van der Waals surface area contributed by atoms with Crippen molar-refractivity contribution >= 4 is 22.8 Å². The predicted molar refractivity (Wildman–Crippen MR) is 85.4 cm³/mol. The Bertz CT molecular complexity index is 737. The number of ether oxygens (including phenoxy) is 1. The average Bonchev–Trinajstić information content (AvgIpc) is 2.98. The second-order valence-electron chi connectivity index (χ2n) is 5.85. The van der Waals surface area contributed by atoms with Crippen molar-refractivity contribution in [1.29, 1.82) is 0 Å². The Morgan fingerprint density at radius 1 is 1.35 bits per heavy atom. The molecule has 1 aromatic carbocycles. The normalized spacial score (nSPS) is 18.1. The first kappa shape index (κ1) is 15.4. The maximum absolute atomic E-state index is 12.5. The van der Waals surface area contributed by atoms with Gasteiger partial charge < -0.3 is 19.3 Å². The molecular formula is C17H20N2O4. The lowest BCUT2D eigenvalue weighted by molar-refractivity contribution is -0.145. The molecule has 2 heterocycles. The molecule has 1 atom stereocenters. The third kappa shape index (κ3) is 3.02. The monoisotopic (exact) mass is 316 g/mol. The summed E-state index contributed by atoms with van der Waals surface area (Å²) in [6.45, 7) is 1.14. The Morgan fingerprint density at radius 2 is 2.17 bits per heavy atom. The average molecular weight is 316 g/mol. The van der Waals surface area contributed by atoms with Crippen LogP contribution in [0.5, 0.6) is 5.75 Å². The molecule has 1 amide bonds. The predicted octanol–water partition coefficient (Wildman–Crippen LogP) is 1.97. The van der Waals surface area contributed by atoms with Crippen LogP contribution in [0.2, 0.25) is 0 Å². The summed E-state index contributed by atoms with van der Waals surface area (Å²) in [5.41, 5.74) is 0.935. The third-order valence-electron chi connectivity index (χ3n) is 4.42. The lowest BCUT2D eigenvalue weighted by Gasteiger charge is -2.30. The lowest BCUT2D eigenvalue weighted by atomic mass is 9.98. The SMILES string of the molecule is COc1cccc2c1ccn2CC(=O)N1CCC[C@@H](C(=O)O)C1. The van der Waals surface area contributed by atoms with Crippen molar-refractivity contribution in [1.82, 2.24) is 9.47 Å². The minimum absolute atomic E-state index is 0.0451. The van der Waals surface area contributed by atoms with Crippen LogP contribution in [0, 0.1) is 5.92 Å². The number of carbonyl (C=O) groups is 2. The number of likely N-dealkylation sites (tertiary alicyclic amines) is 1. The topological polar surface area (TPSA) is 71.8 Å². The summed E-state index contributed by atoms with van der Waals surface area (Å²) < 4.78 is 7.21. The van der Waals surface area contributed by atoms with Crippen LogP contribution in [0.3, 0.4) is 0 Å². The number of aromatic nitrogens is 1. The molecule has 0 spiro atoms. The molecule has 2 aromatic rings. The summed E-state index contributed by atoms with van der Waals surface area (Å²) >= 11 is 0. The molecule has 6 heteroatoms. The van der Waals surface area contributed by atoms with Crippen LogP contribution < -0.4 is 4.74 Å². The zero-order valence-electron chi connectivity index (χ0n) is 13.1. The third-order valence-corrected chi connectivity index (χ3v) is 4.42. The van der Waals surface area contributed by atoms with Crippen molar-refractivity contribution in [2.45, 2.75) is 19.4 Å². The molecule has 0 saturated carbocycles. The maximum atomic E-state index is 12.5. The van der Waals surface area contributed by atoms with Gasteiger partial charge in [0, 0.05) is 24.7 Å². The molecule has 23 heavy (non-hydrogen) atoms. The van der Waals surface area contributed by atoms with Crippen molar-refractivity contribution in [2.75, 3.05) is 20.2 Å². The molecule has 0 unspecified atom stereocenters. The Morgan fingerprint density at radius 3 is 2.91 bits per heavy atom. The maximum Gasteiger partial charge on any atom is 0.308 e. The molecule has 122 valence electrons. The Hall–Kier alpha value is -2.50. The summed E-state index contributed by atoms with van der Waals surface area (Å²) in [7, 11) is 1.62. The summed E-state index contributed by atoms with van der Waals surface area (Å²) in [4.78, 5) is 25.3. The van der Waals surface area contributed by atoms with E-state index in [4.69, 9.17) is 9.84 Å². The van der Waals surface area contributed by atoms with Crippen LogP contribution in [0.1, 0.15) is 12.8 Å². The van der Waals surface area contributed by atoms with Gasteiger partial charge in [-0.15, -0.1) is 0 Å². The van der Waals surface area contributed by atoms with E-state index in [1.54, 1.807) is 12.0 Å². The van der Waals surface area contributed by atoms with Crippen molar-refractivity contribution < 1.29 is 19.4 Å². The van der Waals surface area contributed by atoms with Gasteiger partial charge in [-0.3, -0.25) is 9.59 Å². The number of amides is 1. The van der Waals surface area contributed by atoms with Crippen LogP contribution in [0.25, 0.3) is 10.9 Å². The number of hydrogen-bond acceptors (Lipinski definition) is 3. The minimum Gasteiger partial charge on any atom is -0.496 e. The number of aliphatic carboxylic acids is 1. The van der Waals surface area contributed by atoms with Crippen LogP contribution >= 0.6 is 0 Å². The first-order valence-corrected chi connectivity index (χ1v) is 7.72. The number of benzene rings is 1. The number of rotatable bonds is 4. The van der Waals surface area contributed by atoms with Gasteiger partial charge in [-0.2, -0.15) is 0 Å². The minimum atomic E-state index is -0.821. The fraction of sp³-hybridized carbons (Fsp3) is 0.412.